The Morgan fingerprint density at radius 1 is 1.25 bits per heavy atom. The van der Waals surface area contributed by atoms with Crippen LogP contribution in [-0.4, -0.2) is 41.9 Å². The van der Waals surface area contributed by atoms with Crippen LogP contribution in [-0.2, 0) is 19.6 Å². The predicted molar refractivity (Wildman–Crippen MR) is 55.5 cm³/mol. The summed E-state index contributed by atoms with van der Waals surface area (Å²) in [5.74, 6) is -2.56. The Hall–Kier alpha value is -1.15. The fourth-order valence-corrected chi connectivity index (χ4v) is 1.72. The standard InChI is InChI=1S/C8H15NO6S/c1-5(2)16(14,15)9-6(8(12)13)3-4-7(10)11/h5-6,9H,3-4H2,1-2H3,(H,10,11)(H,12,13)/t6-/m0/s1. The van der Waals surface area contributed by atoms with Crippen LogP contribution in [0.25, 0.3) is 0 Å². The van der Waals surface area contributed by atoms with Gasteiger partial charge in [0.2, 0.25) is 10.0 Å². The lowest BCUT2D eigenvalue weighted by Crippen LogP contribution is -2.43. The SMILES string of the molecule is CC(C)S(=O)(=O)N[C@@H](CCC(=O)O)C(=O)O. The molecular formula is C8H15NO6S. The second-order valence-corrected chi connectivity index (χ2v) is 5.80. The largest absolute Gasteiger partial charge is 0.481 e. The number of carboxylic acids is 2. The van der Waals surface area contributed by atoms with Gasteiger partial charge in [-0.05, 0) is 20.3 Å². The van der Waals surface area contributed by atoms with E-state index in [9.17, 15) is 18.0 Å². The second-order valence-electron chi connectivity index (χ2n) is 3.53. The molecule has 16 heavy (non-hydrogen) atoms. The van der Waals surface area contributed by atoms with Crippen LogP contribution in [0, 0.1) is 0 Å². The van der Waals surface area contributed by atoms with E-state index in [1.165, 1.54) is 13.8 Å². The Morgan fingerprint density at radius 3 is 2.06 bits per heavy atom. The first-order valence-corrected chi connectivity index (χ1v) is 6.17. The van der Waals surface area contributed by atoms with Crippen LogP contribution in [0.4, 0.5) is 0 Å². The zero-order valence-electron chi connectivity index (χ0n) is 9.00. The van der Waals surface area contributed by atoms with Gasteiger partial charge in [0.1, 0.15) is 6.04 Å². The molecule has 0 bridgehead atoms. The number of nitrogens with one attached hydrogen (secondary N) is 1. The maximum absolute atomic E-state index is 11.4. The maximum Gasteiger partial charge on any atom is 0.321 e. The normalized spacial score (nSPS) is 13.7. The van der Waals surface area contributed by atoms with E-state index in [0.29, 0.717) is 0 Å². The lowest BCUT2D eigenvalue weighted by atomic mass is 10.2. The van der Waals surface area contributed by atoms with Crippen molar-refractivity contribution < 1.29 is 28.2 Å². The van der Waals surface area contributed by atoms with Crippen LogP contribution >= 0.6 is 0 Å². The molecule has 0 aliphatic carbocycles. The van der Waals surface area contributed by atoms with Crippen LogP contribution < -0.4 is 4.72 Å². The van der Waals surface area contributed by atoms with Gasteiger partial charge in [-0.2, -0.15) is 0 Å². The third-order valence-corrected chi connectivity index (χ3v) is 3.73. The molecule has 0 aromatic carbocycles. The van der Waals surface area contributed by atoms with Crippen molar-refractivity contribution in [3.05, 3.63) is 0 Å². The van der Waals surface area contributed by atoms with E-state index >= 15 is 0 Å². The van der Waals surface area contributed by atoms with Crippen molar-refractivity contribution in [3.8, 4) is 0 Å². The Balaban J connectivity index is 4.58. The summed E-state index contributed by atoms with van der Waals surface area (Å²) in [5, 5.41) is 16.3. The molecule has 1 atom stereocenters. The summed E-state index contributed by atoms with van der Waals surface area (Å²) in [6.45, 7) is 2.80. The Labute approximate surface area is 93.5 Å². The summed E-state index contributed by atoms with van der Waals surface area (Å²) in [5.41, 5.74) is 0. The molecule has 0 radical (unpaired) electrons. The van der Waals surface area contributed by atoms with Gasteiger partial charge in [-0.3, -0.25) is 9.59 Å². The molecule has 0 aliphatic rings. The highest BCUT2D eigenvalue weighted by Gasteiger charge is 2.26. The van der Waals surface area contributed by atoms with E-state index in [1.807, 2.05) is 4.72 Å². The fraction of sp³-hybridized carbons (Fsp3) is 0.750. The van der Waals surface area contributed by atoms with Gasteiger partial charge in [-0.1, -0.05) is 0 Å². The summed E-state index contributed by atoms with van der Waals surface area (Å²) in [6, 6.07) is -1.40. The van der Waals surface area contributed by atoms with Gasteiger partial charge in [0.25, 0.3) is 0 Å². The van der Waals surface area contributed by atoms with Crippen molar-refractivity contribution in [1.82, 2.24) is 4.72 Å². The molecular weight excluding hydrogens is 238 g/mol. The Bertz CT molecular complexity index is 361. The minimum Gasteiger partial charge on any atom is -0.481 e. The first kappa shape index (κ1) is 14.8. The van der Waals surface area contributed by atoms with E-state index < -0.39 is 39.7 Å². The summed E-state index contributed by atoms with van der Waals surface area (Å²) in [4.78, 5) is 20.9. The first-order chi connectivity index (χ1) is 7.16. The van der Waals surface area contributed by atoms with Crippen molar-refractivity contribution in [3.63, 3.8) is 0 Å². The van der Waals surface area contributed by atoms with Gasteiger partial charge in [-0.15, -0.1) is 0 Å². The third-order valence-electron chi connectivity index (χ3n) is 1.87. The number of carbonyl (C=O) groups is 2. The van der Waals surface area contributed by atoms with Gasteiger partial charge in [-0.25, -0.2) is 13.1 Å². The van der Waals surface area contributed by atoms with E-state index in [1.54, 1.807) is 0 Å². The number of sulfonamides is 1. The molecule has 8 heteroatoms. The summed E-state index contributed by atoms with van der Waals surface area (Å²) >= 11 is 0. The molecule has 0 saturated carbocycles. The fourth-order valence-electron chi connectivity index (χ4n) is 0.835. The van der Waals surface area contributed by atoms with E-state index in [2.05, 4.69) is 0 Å². The zero-order chi connectivity index (χ0) is 12.9. The van der Waals surface area contributed by atoms with E-state index in [0.717, 1.165) is 0 Å². The van der Waals surface area contributed by atoms with Crippen molar-refractivity contribution in [2.75, 3.05) is 0 Å². The first-order valence-electron chi connectivity index (χ1n) is 4.62. The number of hydrogen-bond donors (Lipinski definition) is 3. The summed E-state index contributed by atoms with van der Waals surface area (Å²) < 4.78 is 24.7. The van der Waals surface area contributed by atoms with Gasteiger partial charge in [0, 0.05) is 6.42 Å². The molecule has 0 fully saturated rings. The van der Waals surface area contributed by atoms with Gasteiger partial charge in [0.05, 0.1) is 5.25 Å². The number of aliphatic carboxylic acids is 2. The maximum atomic E-state index is 11.4. The highest BCUT2D eigenvalue weighted by Crippen LogP contribution is 2.04. The zero-order valence-corrected chi connectivity index (χ0v) is 9.82. The minimum atomic E-state index is -3.71. The van der Waals surface area contributed by atoms with Crippen molar-refractivity contribution in [1.29, 1.82) is 0 Å². The van der Waals surface area contributed by atoms with Crippen LogP contribution in [0.3, 0.4) is 0 Å². The molecule has 7 nitrogen and oxygen atoms in total. The minimum absolute atomic E-state index is 0.281. The van der Waals surface area contributed by atoms with Crippen molar-refractivity contribution >= 4 is 22.0 Å². The Kier molecular flexibility index (Phi) is 5.39. The van der Waals surface area contributed by atoms with Gasteiger partial charge in [0.15, 0.2) is 0 Å². The Morgan fingerprint density at radius 2 is 1.75 bits per heavy atom. The van der Waals surface area contributed by atoms with Crippen LogP contribution in [0.15, 0.2) is 0 Å². The lowest BCUT2D eigenvalue weighted by molar-refractivity contribution is -0.140. The monoisotopic (exact) mass is 253 g/mol. The number of carboxylic acid groups (broad SMARTS) is 2. The van der Waals surface area contributed by atoms with Crippen LogP contribution in [0.2, 0.25) is 0 Å². The van der Waals surface area contributed by atoms with Gasteiger partial charge < -0.3 is 10.2 Å². The summed E-state index contributed by atoms with van der Waals surface area (Å²) in [7, 11) is -3.71. The van der Waals surface area contributed by atoms with Crippen molar-refractivity contribution in [2.45, 2.75) is 38.0 Å². The molecule has 0 saturated heterocycles. The molecule has 0 spiro atoms. The molecule has 0 aromatic heterocycles. The molecule has 0 amide bonds. The topological polar surface area (TPSA) is 121 Å². The molecule has 0 rings (SSSR count). The van der Waals surface area contributed by atoms with Gasteiger partial charge >= 0.3 is 11.9 Å². The molecule has 94 valence electrons. The quantitative estimate of drug-likeness (QED) is 0.569. The average Bonchev–Trinajstić information content (AvgIpc) is 2.11. The number of rotatable bonds is 7. The molecule has 0 unspecified atom stereocenters. The predicted octanol–water partition coefficient (Wildman–Crippen LogP) is -0.368. The highest BCUT2D eigenvalue weighted by atomic mass is 32.2. The molecule has 3 N–H and O–H groups in total. The molecule has 0 aromatic rings. The third kappa shape index (κ3) is 5.08. The smallest absolute Gasteiger partial charge is 0.321 e. The van der Waals surface area contributed by atoms with Crippen molar-refractivity contribution in [2.24, 2.45) is 0 Å². The van der Waals surface area contributed by atoms with Crippen LogP contribution in [0.5, 0.6) is 0 Å². The second kappa shape index (κ2) is 5.80. The number of hydrogen-bond acceptors (Lipinski definition) is 4. The highest BCUT2D eigenvalue weighted by molar-refractivity contribution is 7.90. The lowest BCUT2D eigenvalue weighted by Gasteiger charge is -2.15. The van der Waals surface area contributed by atoms with Crippen LogP contribution in [0.1, 0.15) is 26.7 Å². The summed E-state index contributed by atoms with van der Waals surface area (Å²) in [6.07, 6.45) is -0.686. The average molecular weight is 253 g/mol. The molecule has 0 aliphatic heterocycles. The van der Waals surface area contributed by atoms with E-state index in [-0.39, 0.29) is 6.42 Å². The molecule has 0 heterocycles. The van der Waals surface area contributed by atoms with E-state index in [4.69, 9.17) is 10.2 Å².